The molecule has 0 fully saturated rings. The number of nitrogens with zero attached hydrogens (tertiary/aromatic N) is 3. The second-order valence-corrected chi connectivity index (χ2v) is 6.86. The Hall–Kier alpha value is -2.35. The number of rotatable bonds is 2. The summed E-state index contributed by atoms with van der Waals surface area (Å²) in [6.45, 7) is 0. The van der Waals surface area contributed by atoms with E-state index in [0.717, 1.165) is 26.9 Å². The summed E-state index contributed by atoms with van der Waals surface area (Å²) in [4.78, 5) is 10.5. The molecule has 3 nitrogen and oxygen atoms in total. The molecule has 0 saturated heterocycles. The molecule has 124 valence electrons. The molecule has 0 atom stereocenters. The lowest BCUT2D eigenvalue weighted by atomic mass is 10.1. The first kappa shape index (κ1) is 17.5. The summed E-state index contributed by atoms with van der Waals surface area (Å²) in [5, 5.41) is 0.393. The molecule has 3 rings (SSSR count). The Balaban J connectivity index is 1.99. The molecule has 0 unspecified atom stereocenters. The van der Waals surface area contributed by atoms with E-state index in [1.54, 1.807) is 0 Å². The van der Waals surface area contributed by atoms with Crippen LogP contribution in [0.3, 0.4) is 0 Å². The maximum absolute atomic E-state index is 6.30. The minimum Gasteiger partial charge on any atom is -0.378 e. The van der Waals surface area contributed by atoms with E-state index < -0.39 is 0 Å². The third-order valence-corrected chi connectivity index (χ3v) is 4.46. The van der Waals surface area contributed by atoms with Gasteiger partial charge in [-0.25, -0.2) is 9.97 Å². The molecule has 0 amide bonds. The molecule has 3 aromatic rings. The van der Waals surface area contributed by atoms with Gasteiger partial charge in [0.15, 0.2) is 0 Å². The van der Waals surface area contributed by atoms with Gasteiger partial charge >= 0.3 is 0 Å². The van der Waals surface area contributed by atoms with E-state index in [0.29, 0.717) is 10.8 Å². The zero-order valence-electron chi connectivity index (χ0n) is 13.8. The molecule has 0 saturated carbocycles. The highest BCUT2D eigenvalue weighted by Crippen LogP contribution is 2.29. The van der Waals surface area contributed by atoms with E-state index in [2.05, 4.69) is 37.7 Å². The van der Waals surface area contributed by atoms with Crippen LogP contribution in [0.25, 0.3) is 11.1 Å². The van der Waals surface area contributed by atoms with Gasteiger partial charge in [0.05, 0.1) is 5.56 Å². The van der Waals surface area contributed by atoms with Crippen LogP contribution >= 0.6 is 27.5 Å². The molecule has 0 aliphatic rings. The highest BCUT2D eigenvalue weighted by atomic mass is 79.9. The fourth-order valence-electron chi connectivity index (χ4n) is 2.31. The zero-order valence-corrected chi connectivity index (χ0v) is 16.1. The Kier molecular flexibility index (Phi) is 5.37. The van der Waals surface area contributed by atoms with Gasteiger partial charge in [-0.15, -0.1) is 0 Å². The van der Waals surface area contributed by atoms with E-state index in [-0.39, 0.29) is 0 Å². The van der Waals surface area contributed by atoms with Crippen LogP contribution in [0, 0.1) is 11.8 Å². The van der Waals surface area contributed by atoms with Gasteiger partial charge < -0.3 is 4.90 Å². The predicted octanol–water partition coefficient (Wildman–Crippen LogP) is 5.03. The van der Waals surface area contributed by atoms with Crippen LogP contribution in [-0.2, 0) is 0 Å². The fraction of sp³-hybridized carbons (Fsp3) is 0.100. The van der Waals surface area contributed by atoms with Gasteiger partial charge in [0.2, 0.25) is 0 Å². The van der Waals surface area contributed by atoms with Gasteiger partial charge in [0.1, 0.15) is 17.2 Å². The van der Waals surface area contributed by atoms with Crippen LogP contribution < -0.4 is 4.90 Å². The molecule has 0 aliphatic heterocycles. The number of hydrogen-bond donors (Lipinski definition) is 0. The van der Waals surface area contributed by atoms with Gasteiger partial charge in [0, 0.05) is 29.8 Å². The minimum atomic E-state index is 0.393. The summed E-state index contributed by atoms with van der Waals surface area (Å²) in [7, 11) is 4.02. The van der Waals surface area contributed by atoms with Crippen molar-refractivity contribution in [3.05, 3.63) is 75.7 Å². The summed E-state index contributed by atoms with van der Waals surface area (Å²) in [6.07, 6.45) is 1.43. The van der Waals surface area contributed by atoms with E-state index in [1.165, 1.54) is 6.33 Å². The van der Waals surface area contributed by atoms with E-state index >= 15 is 0 Å². The van der Waals surface area contributed by atoms with Gasteiger partial charge in [-0.2, -0.15) is 0 Å². The number of aromatic nitrogens is 2. The van der Waals surface area contributed by atoms with Crippen molar-refractivity contribution in [3.8, 4) is 23.0 Å². The molecule has 2 aromatic carbocycles. The Morgan fingerprint density at radius 3 is 2.24 bits per heavy atom. The molecule has 0 N–H and O–H groups in total. The Bertz CT molecular complexity index is 939. The Labute approximate surface area is 160 Å². The first-order valence-electron chi connectivity index (χ1n) is 7.60. The zero-order chi connectivity index (χ0) is 17.8. The van der Waals surface area contributed by atoms with Crippen molar-refractivity contribution in [2.45, 2.75) is 0 Å². The van der Waals surface area contributed by atoms with Crippen molar-refractivity contribution < 1.29 is 0 Å². The van der Waals surface area contributed by atoms with E-state index in [4.69, 9.17) is 11.6 Å². The number of hydrogen-bond acceptors (Lipinski definition) is 3. The summed E-state index contributed by atoms with van der Waals surface area (Å²) >= 11 is 9.74. The third kappa shape index (κ3) is 4.19. The summed E-state index contributed by atoms with van der Waals surface area (Å²) in [6, 6.07) is 15.9. The fourth-order valence-corrected chi connectivity index (χ4v) is 2.81. The normalized spacial score (nSPS) is 10.1. The standard InChI is InChI=1S/C20H15BrClN3/c1-25(2)17-10-3-14(4-11-17)5-12-18-19(20(22)24-13-23-18)15-6-8-16(21)9-7-15/h3-4,6-11,13H,1-2H3. The van der Waals surface area contributed by atoms with Crippen LogP contribution in [0.5, 0.6) is 0 Å². The summed E-state index contributed by atoms with van der Waals surface area (Å²) in [5.74, 6) is 6.27. The molecule has 25 heavy (non-hydrogen) atoms. The molecule has 5 heteroatoms. The van der Waals surface area contributed by atoms with E-state index in [9.17, 15) is 0 Å². The highest BCUT2D eigenvalue weighted by molar-refractivity contribution is 9.10. The average molecular weight is 413 g/mol. The molecule has 0 aliphatic carbocycles. The van der Waals surface area contributed by atoms with Crippen LogP contribution in [0.1, 0.15) is 11.3 Å². The van der Waals surface area contributed by atoms with Crippen LogP contribution in [0.2, 0.25) is 5.15 Å². The predicted molar refractivity (Wildman–Crippen MR) is 107 cm³/mol. The molecule has 1 aromatic heterocycles. The Morgan fingerprint density at radius 2 is 1.60 bits per heavy atom. The van der Waals surface area contributed by atoms with Crippen LogP contribution in [-0.4, -0.2) is 24.1 Å². The van der Waals surface area contributed by atoms with Crippen molar-refractivity contribution in [1.82, 2.24) is 9.97 Å². The van der Waals surface area contributed by atoms with Gasteiger partial charge in [0.25, 0.3) is 0 Å². The topological polar surface area (TPSA) is 29.0 Å². The average Bonchev–Trinajstić information content (AvgIpc) is 2.61. The first-order chi connectivity index (χ1) is 12.0. The van der Waals surface area contributed by atoms with Crippen molar-refractivity contribution in [3.63, 3.8) is 0 Å². The lowest BCUT2D eigenvalue weighted by Gasteiger charge is -2.11. The van der Waals surface area contributed by atoms with Crippen molar-refractivity contribution in [2.24, 2.45) is 0 Å². The molecule has 0 spiro atoms. The molecular weight excluding hydrogens is 398 g/mol. The smallest absolute Gasteiger partial charge is 0.141 e. The SMILES string of the molecule is CN(C)c1ccc(C#Cc2ncnc(Cl)c2-c2ccc(Br)cc2)cc1. The second-order valence-electron chi connectivity index (χ2n) is 5.59. The monoisotopic (exact) mass is 411 g/mol. The molecule has 0 radical (unpaired) electrons. The lowest BCUT2D eigenvalue weighted by molar-refractivity contribution is 1.13. The maximum atomic E-state index is 6.30. The van der Waals surface area contributed by atoms with Crippen molar-refractivity contribution >= 4 is 33.2 Å². The third-order valence-electron chi connectivity index (χ3n) is 3.64. The number of halogens is 2. The lowest BCUT2D eigenvalue weighted by Crippen LogP contribution is -2.07. The van der Waals surface area contributed by atoms with Gasteiger partial charge in [-0.05, 0) is 47.9 Å². The van der Waals surface area contributed by atoms with E-state index in [1.807, 2.05) is 67.5 Å². The number of benzene rings is 2. The molecule has 1 heterocycles. The summed E-state index contributed by atoms with van der Waals surface area (Å²) < 4.78 is 0.998. The van der Waals surface area contributed by atoms with Crippen LogP contribution in [0.15, 0.2) is 59.3 Å². The van der Waals surface area contributed by atoms with Crippen LogP contribution in [0.4, 0.5) is 5.69 Å². The van der Waals surface area contributed by atoms with Crippen molar-refractivity contribution in [1.29, 1.82) is 0 Å². The minimum absolute atomic E-state index is 0.393. The summed E-state index contributed by atoms with van der Waals surface area (Å²) in [5.41, 5.74) is 4.34. The van der Waals surface area contributed by atoms with Gasteiger partial charge in [-0.1, -0.05) is 45.6 Å². The number of anilines is 1. The van der Waals surface area contributed by atoms with Crippen molar-refractivity contribution in [2.75, 3.05) is 19.0 Å². The second kappa shape index (κ2) is 7.69. The Morgan fingerprint density at radius 1 is 0.920 bits per heavy atom. The molecular formula is C20H15BrClN3. The van der Waals surface area contributed by atoms with Gasteiger partial charge in [-0.3, -0.25) is 0 Å². The molecule has 0 bridgehead atoms. The maximum Gasteiger partial charge on any atom is 0.141 e. The highest BCUT2D eigenvalue weighted by Gasteiger charge is 2.10. The largest absolute Gasteiger partial charge is 0.378 e. The quantitative estimate of drug-likeness (QED) is 0.437. The first-order valence-corrected chi connectivity index (χ1v) is 8.77.